The van der Waals surface area contributed by atoms with Gasteiger partial charge in [-0.05, 0) is 35.7 Å². The Kier molecular flexibility index (Phi) is 6.39. The largest absolute Gasteiger partial charge is 0.357 e. The summed E-state index contributed by atoms with van der Waals surface area (Å²) in [6, 6.07) is 2.04. The standard InChI is InChI=1S/C15H22N4O2S/c1-2-16-15(18-10-12-6-9-22-11-12)17-7-8-19-13(20)4-3-5-14(19)21/h6,9,11H,2-5,7-8,10H2,1H3,(H2,16,17,18). The number of guanidine groups is 1. The van der Waals surface area contributed by atoms with Crippen LogP contribution in [0, 0.1) is 0 Å². The smallest absolute Gasteiger partial charge is 0.229 e. The van der Waals surface area contributed by atoms with Crippen molar-refractivity contribution in [2.75, 3.05) is 19.6 Å². The summed E-state index contributed by atoms with van der Waals surface area (Å²) >= 11 is 1.65. The number of imide groups is 1. The van der Waals surface area contributed by atoms with Gasteiger partial charge in [0.25, 0.3) is 0 Å². The molecule has 6 nitrogen and oxygen atoms in total. The van der Waals surface area contributed by atoms with E-state index in [9.17, 15) is 9.59 Å². The number of amides is 2. The molecule has 0 atom stereocenters. The summed E-state index contributed by atoms with van der Waals surface area (Å²) in [4.78, 5) is 29.3. The molecular weight excluding hydrogens is 300 g/mol. The maximum atomic E-state index is 11.7. The minimum Gasteiger partial charge on any atom is -0.357 e. The molecule has 7 heteroatoms. The van der Waals surface area contributed by atoms with Gasteiger partial charge in [-0.3, -0.25) is 14.5 Å². The first kappa shape index (κ1) is 16.5. The number of carbonyl (C=O) groups excluding carboxylic acids is 2. The van der Waals surface area contributed by atoms with E-state index in [2.05, 4.69) is 21.0 Å². The molecule has 1 fully saturated rings. The van der Waals surface area contributed by atoms with E-state index in [0.29, 0.717) is 44.9 Å². The number of hydrogen-bond donors (Lipinski definition) is 2. The number of rotatable bonds is 6. The molecule has 0 spiro atoms. The maximum absolute atomic E-state index is 11.7. The number of thiophene rings is 1. The molecule has 1 aromatic heterocycles. The zero-order valence-corrected chi connectivity index (χ0v) is 13.6. The lowest BCUT2D eigenvalue weighted by Crippen LogP contribution is -2.46. The first-order valence-corrected chi connectivity index (χ1v) is 8.51. The van der Waals surface area contributed by atoms with Crippen molar-refractivity contribution in [3.63, 3.8) is 0 Å². The summed E-state index contributed by atoms with van der Waals surface area (Å²) in [5, 5.41) is 10.4. The van der Waals surface area contributed by atoms with Gasteiger partial charge in [-0.25, -0.2) is 4.99 Å². The predicted molar refractivity (Wildman–Crippen MR) is 87.7 cm³/mol. The number of carbonyl (C=O) groups is 2. The Morgan fingerprint density at radius 1 is 1.32 bits per heavy atom. The van der Waals surface area contributed by atoms with Crippen LogP contribution in [-0.2, 0) is 16.1 Å². The molecule has 22 heavy (non-hydrogen) atoms. The molecule has 2 amide bonds. The molecule has 120 valence electrons. The predicted octanol–water partition coefficient (Wildman–Crippen LogP) is 1.34. The van der Waals surface area contributed by atoms with E-state index in [1.165, 1.54) is 10.5 Å². The molecule has 1 aromatic rings. The average Bonchev–Trinajstić information content (AvgIpc) is 3.01. The molecule has 1 aliphatic rings. The van der Waals surface area contributed by atoms with Gasteiger partial charge < -0.3 is 10.6 Å². The second-order valence-electron chi connectivity index (χ2n) is 5.05. The highest BCUT2D eigenvalue weighted by molar-refractivity contribution is 7.07. The second kappa shape index (κ2) is 8.53. The van der Waals surface area contributed by atoms with Crippen LogP contribution in [0.5, 0.6) is 0 Å². The molecular formula is C15H22N4O2S. The number of nitrogens with zero attached hydrogens (tertiary/aromatic N) is 2. The fourth-order valence-electron chi connectivity index (χ4n) is 2.23. The minimum absolute atomic E-state index is 0.0711. The molecule has 0 aliphatic carbocycles. The van der Waals surface area contributed by atoms with Crippen LogP contribution in [0.2, 0.25) is 0 Å². The van der Waals surface area contributed by atoms with Crippen molar-refractivity contribution in [1.29, 1.82) is 0 Å². The van der Waals surface area contributed by atoms with Crippen LogP contribution in [0.15, 0.2) is 21.8 Å². The monoisotopic (exact) mass is 322 g/mol. The van der Waals surface area contributed by atoms with Gasteiger partial charge in [0, 0.05) is 32.5 Å². The normalized spacial score (nSPS) is 16.0. The third kappa shape index (κ3) is 4.84. The van der Waals surface area contributed by atoms with Gasteiger partial charge in [-0.2, -0.15) is 11.3 Å². The number of hydrogen-bond acceptors (Lipinski definition) is 4. The number of aliphatic imine (C=N–C) groups is 1. The zero-order valence-electron chi connectivity index (χ0n) is 12.8. The fraction of sp³-hybridized carbons (Fsp3) is 0.533. The van der Waals surface area contributed by atoms with Crippen LogP contribution in [0.3, 0.4) is 0 Å². The Balaban J connectivity index is 1.82. The van der Waals surface area contributed by atoms with Gasteiger partial charge in [0.15, 0.2) is 5.96 Å². The van der Waals surface area contributed by atoms with Crippen LogP contribution in [-0.4, -0.2) is 42.3 Å². The topological polar surface area (TPSA) is 73.8 Å². The second-order valence-corrected chi connectivity index (χ2v) is 5.83. The molecule has 2 rings (SSSR count). The molecule has 1 aliphatic heterocycles. The molecule has 0 bridgehead atoms. The Morgan fingerprint density at radius 2 is 2.09 bits per heavy atom. The highest BCUT2D eigenvalue weighted by Crippen LogP contribution is 2.11. The molecule has 1 saturated heterocycles. The fourth-order valence-corrected chi connectivity index (χ4v) is 2.89. The summed E-state index contributed by atoms with van der Waals surface area (Å²) in [7, 11) is 0. The molecule has 2 heterocycles. The highest BCUT2D eigenvalue weighted by atomic mass is 32.1. The first-order valence-electron chi connectivity index (χ1n) is 7.57. The van der Waals surface area contributed by atoms with E-state index in [1.54, 1.807) is 11.3 Å². The van der Waals surface area contributed by atoms with Crippen LogP contribution >= 0.6 is 11.3 Å². The van der Waals surface area contributed by atoms with E-state index in [4.69, 9.17) is 0 Å². The molecule has 0 aromatic carbocycles. The van der Waals surface area contributed by atoms with Crippen molar-refractivity contribution < 1.29 is 9.59 Å². The number of piperidine rings is 1. The lowest BCUT2D eigenvalue weighted by atomic mass is 10.1. The Labute approximate surface area is 134 Å². The SMILES string of the molecule is CCNC(=NCc1ccsc1)NCCN1C(=O)CCCC1=O. The highest BCUT2D eigenvalue weighted by Gasteiger charge is 2.25. The third-order valence-corrected chi connectivity index (χ3v) is 4.09. The lowest BCUT2D eigenvalue weighted by Gasteiger charge is -2.25. The van der Waals surface area contributed by atoms with E-state index in [1.807, 2.05) is 18.4 Å². The van der Waals surface area contributed by atoms with E-state index in [0.717, 1.165) is 6.54 Å². The van der Waals surface area contributed by atoms with Crippen molar-refractivity contribution in [1.82, 2.24) is 15.5 Å². The van der Waals surface area contributed by atoms with Crippen molar-refractivity contribution >= 4 is 29.1 Å². The average molecular weight is 322 g/mol. The Bertz CT molecular complexity index is 512. The van der Waals surface area contributed by atoms with Crippen LogP contribution < -0.4 is 10.6 Å². The maximum Gasteiger partial charge on any atom is 0.229 e. The summed E-state index contributed by atoms with van der Waals surface area (Å²) in [5.41, 5.74) is 1.17. The third-order valence-electron chi connectivity index (χ3n) is 3.36. The Morgan fingerprint density at radius 3 is 2.73 bits per heavy atom. The van der Waals surface area contributed by atoms with Gasteiger partial charge in [-0.1, -0.05) is 0 Å². The quantitative estimate of drug-likeness (QED) is 0.471. The summed E-state index contributed by atoms with van der Waals surface area (Å²) in [6.07, 6.45) is 1.61. The van der Waals surface area contributed by atoms with Crippen molar-refractivity contribution in [3.8, 4) is 0 Å². The summed E-state index contributed by atoms with van der Waals surface area (Å²) in [6.45, 7) is 4.27. The zero-order chi connectivity index (χ0) is 15.8. The van der Waals surface area contributed by atoms with E-state index < -0.39 is 0 Å². The summed E-state index contributed by atoms with van der Waals surface area (Å²) in [5.74, 6) is 0.558. The molecule has 0 radical (unpaired) electrons. The molecule has 2 N–H and O–H groups in total. The summed E-state index contributed by atoms with van der Waals surface area (Å²) < 4.78 is 0. The van der Waals surface area contributed by atoms with Crippen LogP contribution in [0.25, 0.3) is 0 Å². The van der Waals surface area contributed by atoms with E-state index >= 15 is 0 Å². The van der Waals surface area contributed by atoms with Gasteiger partial charge in [0.1, 0.15) is 0 Å². The minimum atomic E-state index is -0.0711. The van der Waals surface area contributed by atoms with Crippen molar-refractivity contribution in [3.05, 3.63) is 22.4 Å². The van der Waals surface area contributed by atoms with Gasteiger partial charge in [-0.15, -0.1) is 0 Å². The van der Waals surface area contributed by atoms with Crippen molar-refractivity contribution in [2.45, 2.75) is 32.7 Å². The number of likely N-dealkylation sites (tertiary alicyclic amines) is 1. The van der Waals surface area contributed by atoms with Crippen LogP contribution in [0.4, 0.5) is 0 Å². The van der Waals surface area contributed by atoms with Gasteiger partial charge in [0.05, 0.1) is 6.54 Å². The first-order chi connectivity index (χ1) is 10.7. The molecule has 0 saturated carbocycles. The molecule has 0 unspecified atom stereocenters. The number of nitrogens with one attached hydrogen (secondary N) is 2. The van der Waals surface area contributed by atoms with Crippen molar-refractivity contribution in [2.24, 2.45) is 4.99 Å². The van der Waals surface area contributed by atoms with Gasteiger partial charge >= 0.3 is 0 Å². The lowest BCUT2D eigenvalue weighted by molar-refractivity contribution is -0.147. The van der Waals surface area contributed by atoms with Gasteiger partial charge in [0.2, 0.25) is 11.8 Å². The Hall–Kier alpha value is -1.89. The van der Waals surface area contributed by atoms with Crippen LogP contribution in [0.1, 0.15) is 31.7 Å². The van der Waals surface area contributed by atoms with E-state index in [-0.39, 0.29) is 11.8 Å².